The van der Waals surface area contributed by atoms with Crippen molar-refractivity contribution in [2.24, 2.45) is 4.99 Å². The summed E-state index contributed by atoms with van der Waals surface area (Å²) in [7, 11) is -0.611. The van der Waals surface area contributed by atoms with Crippen LogP contribution in [0.2, 0.25) is 0 Å². The van der Waals surface area contributed by atoms with E-state index in [1.54, 1.807) is 61.0 Å². The van der Waals surface area contributed by atoms with Crippen molar-refractivity contribution in [2.75, 3.05) is 12.5 Å². The normalized spacial score (nSPS) is 10.4. The molecule has 7 nitrogen and oxygen atoms in total. The summed E-state index contributed by atoms with van der Waals surface area (Å²) < 4.78 is 9.56. The van der Waals surface area contributed by atoms with Gasteiger partial charge in [0.05, 0.1) is 5.97 Å². The minimum absolute atomic E-state index is 0. The van der Waals surface area contributed by atoms with Gasteiger partial charge in [0.15, 0.2) is 0 Å². The van der Waals surface area contributed by atoms with E-state index in [0.717, 1.165) is 0 Å². The third-order valence-electron chi connectivity index (χ3n) is 2.62. The molecule has 0 bridgehead atoms. The van der Waals surface area contributed by atoms with E-state index in [0.29, 0.717) is 11.1 Å². The third kappa shape index (κ3) is 10.8. The molecule has 2 aromatic rings. The van der Waals surface area contributed by atoms with Gasteiger partial charge >= 0.3 is 19.5 Å². The summed E-state index contributed by atoms with van der Waals surface area (Å²) in [5.74, 6) is -1.50. The van der Waals surface area contributed by atoms with Crippen LogP contribution < -0.4 is 10.2 Å². The van der Waals surface area contributed by atoms with E-state index in [9.17, 15) is 19.2 Å². The van der Waals surface area contributed by atoms with Crippen molar-refractivity contribution in [3.8, 4) is 5.75 Å². The molecule has 0 spiro atoms. The Morgan fingerprint density at radius 3 is 1.96 bits per heavy atom. The predicted molar refractivity (Wildman–Crippen MR) is 97.4 cm³/mol. The SMILES string of the molecule is CS(C)=O.O=C([O-])[C@H](N=Cc1ccccc1[O-])c1ccccc1.[OH3+].[OH3+].[Zn+2]. The Kier molecular flexibility index (Phi) is 17.0. The fraction of sp³-hybridized carbons (Fsp3) is 0.176. The molecule has 0 aliphatic carbocycles. The average molecular weight is 435 g/mol. The van der Waals surface area contributed by atoms with Crippen molar-refractivity contribution >= 4 is 23.0 Å². The zero-order chi connectivity index (χ0) is 17.2. The average Bonchev–Trinajstić information content (AvgIpc) is 2.49. The van der Waals surface area contributed by atoms with Gasteiger partial charge in [0.2, 0.25) is 0 Å². The van der Waals surface area contributed by atoms with E-state index in [4.69, 9.17) is 0 Å². The van der Waals surface area contributed by atoms with Crippen molar-refractivity contribution < 1.29 is 49.6 Å². The summed E-state index contributed by atoms with van der Waals surface area (Å²) >= 11 is 0. The molecule has 2 rings (SSSR count). The Bertz CT molecular complexity index is 693. The van der Waals surface area contributed by atoms with E-state index >= 15 is 0 Å². The first-order valence-electron chi connectivity index (χ1n) is 6.72. The number of carboxylic acid groups (broad SMARTS) is 1. The van der Waals surface area contributed by atoms with Crippen LogP contribution in [0.25, 0.3) is 0 Å². The largest absolute Gasteiger partial charge is 2.00 e. The molecule has 2 aromatic carbocycles. The molecule has 0 aliphatic heterocycles. The van der Waals surface area contributed by atoms with Gasteiger partial charge in [-0.1, -0.05) is 54.6 Å². The van der Waals surface area contributed by atoms with Crippen molar-refractivity contribution in [3.05, 3.63) is 65.7 Å². The molecule has 0 saturated carbocycles. The van der Waals surface area contributed by atoms with Crippen LogP contribution in [0, 0.1) is 0 Å². The van der Waals surface area contributed by atoms with E-state index in [1.807, 2.05) is 0 Å². The minimum Gasteiger partial charge on any atom is -0.872 e. The number of nitrogens with zero attached hydrogens (tertiary/aromatic N) is 1. The molecule has 0 aromatic heterocycles. The summed E-state index contributed by atoms with van der Waals surface area (Å²) in [6, 6.07) is 13.7. The summed E-state index contributed by atoms with van der Waals surface area (Å²) in [6.07, 6.45) is 4.55. The molecule has 26 heavy (non-hydrogen) atoms. The first kappa shape index (κ1) is 28.9. The zero-order valence-electron chi connectivity index (χ0n) is 14.7. The zero-order valence-corrected chi connectivity index (χ0v) is 18.5. The maximum absolute atomic E-state index is 11.5. The number of carbonyl (C=O) groups is 1. The van der Waals surface area contributed by atoms with Crippen LogP contribution in [0.4, 0.5) is 0 Å². The molecule has 138 valence electrons. The molecule has 0 unspecified atom stereocenters. The van der Waals surface area contributed by atoms with E-state index in [1.165, 1.54) is 12.3 Å². The van der Waals surface area contributed by atoms with Gasteiger partial charge in [0.1, 0.15) is 6.04 Å². The van der Waals surface area contributed by atoms with Gasteiger partial charge < -0.3 is 26.0 Å². The Hall–Kier alpha value is -1.93. The molecule has 1 atom stereocenters. The monoisotopic (exact) mass is 433 g/mol. The number of para-hydroxylation sites is 1. The fourth-order valence-electron chi connectivity index (χ4n) is 1.66. The number of aliphatic imine (C=N–C) groups is 1. The van der Waals surface area contributed by atoms with Crippen LogP contribution in [0.15, 0.2) is 59.6 Å². The number of hydrogen-bond donors (Lipinski definition) is 0. The topological polar surface area (TPSA) is 159 Å². The van der Waals surface area contributed by atoms with Gasteiger partial charge in [-0.25, -0.2) is 0 Å². The fourth-order valence-corrected chi connectivity index (χ4v) is 1.66. The van der Waals surface area contributed by atoms with Gasteiger partial charge in [-0.05, 0) is 11.1 Å². The van der Waals surface area contributed by atoms with E-state index < -0.39 is 22.8 Å². The molecule has 0 radical (unpaired) electrons. The molecule has 0 heterocycles. The van der Waals surface area contributed by atoms with Gasteiger partial charge in [-0.2, -0.15) is 0 Å². The van der Waals surface area contributed by atoms with Crippen LogP contribution >= 0.6 is 0 Å². The second-order valence-electron chi connectivity index (χ2n) is 4.69. The number of carboxylic acids is 1. The molecular weight excluding hydrogens is 412 g/mol. The first-order valence-corrected chi connectivity index (χ1v) is 8.68. The molecule has 0 fully saturated rings. The van der Waals surface area contributed by atoms with Crippen molar-refractivity contribution in [2.45, 2.75) is 6.04 Å². The Labute approximate surface area is 167 Å². The summed E-state index contributed by atoms with van der Waals surface area (Å²) in [5.41, 5.74) is 0.867. The second kappa shape index (κ2) is 15.3. The van der Waals surface area contributed by atoms with E-state index in [2.05, 4.69) is 4.99 Å². The number of rotatable bonds is 4. The maximum atomic E-state index is 11.5. The van der Waals surface area contributed by atoms with Crippen molar-refractivity contribution in [3.63, 3.8) is 0 Å². The number of benzene rings is 2. The Morgan fingerprint density at radius 2 is 1.50 bits per heavy atom. The molecule has 0 amide bonds. The molecular formula is C17H23NO6SZn+2. The van der Waals surface area contributed by atoms with E-state index in [-0.39, 0.29) is 36.2 Å². The summed E-state index contributed by atoms with van der Waals surface area (Å²) in [6.45, 7) is 0. The quantitative estimate of drug-likeness (QED) is 0.336. The smallest absolute Gasteiger partial charge is 0.872 e. The van der Waals surface area contributed by atoms with Gasteiger partial charge in [0, 0.05) is 29.5 Å². The molecule has 0 aliphatic rings. The second-order valence-corrected chi connectivity index (χ2v) is 6.17. The third-order valence-corrected chi connectivity index (χ3v) is 2.62. The minimum atomic E-state index is -1.30. The molecule has 0 saturated heterocycles. The Morgan fingerprint density at radius 1 is 1.04 bits per heavy atom. The van der Waals surface area contributed by atoms with Gasteiger partial charge in [0.25, 0.3) is 0 Å². The van der Waals surface area contributed by atoms with Crippen LogP contribution in [0.1, 0.15) is 17.2 Å². The summed E-state index contributed by atoms with van der Waals surface area (Å²) in [4.78, 5) is 15.0. The predicted octanol–water partition coefficient (Wildman–Crippen LogP) is -1.18. The first-order chi connectivity index (χ1) is 10.9. The molecule has 6 N–H and O–H groups in total. The number of aliphatic carboxylic acids is 1. The maximum Gasteiger partial charge on any atom is 2.00 e. The van der Waals surface area contributed by atoms with Crippen LogP contribution in [0.3, 0.4) is 0 Å². The number of hydrogen-bond acceptors (Lipinski definition) is 5. The summed E-state index contributed by atoms with van der Waals surface area (Å²) in [5, 5.41) is 22.6. The van der Waals surface area contributed by atoms with Crippen molar-refractivity contribution in [1.29, 1.82) is 0 Å². The van der Waals surface area contributed by atoms with Crippen molar-refractivity contribution in [1.82, 2.24) is 0 Å². The van der Waals surface area contributed by atoms with Crippen LogP contribution in [0.5, 0.6) is 5.75 Å². The number of carbonyl (C=O) groups excluding carboxylic acids is 1. The van der Waals surface area contributed by atoms with Crippen LogP contribution in [-0.2, 0) is 46.0 Å². The standard InChI is InChI=1S/C15H13NO3.C2H6OS.2H2O.Zn/c17-13-9-5-4-8-12(13)10-16-14(15(18)19)11-6-2-1-3-7-11;1-4(2)3;;;/h1-10,14,17H,(H,18,19);1-2H3;2*1H2;/q;;;;+2/t14-;;;;/m1..../s1. The molecule has 9 heteroatoms. The van der Waals surface area contributed by atoms with Gasteiger partial charge in [-0.3, -0.25) is 9.20 Å². The Balaban J connectivity index is -0.000000689. The van der Waals surface area contributed by atoms with Crippen LogP contribution in [-0.4, -0.2) is 28.9 Å². The van der Waals surface area contributed by atoms with Gasteiger partial charge in [-0.15, -0.1) is 5.75 Å².